The molecule has 0 bridgehead atoms. The van der Waals surface area contributed by atoms with Gasteiger partial charge in [-0.05, 0) is 29.8 Å². The van der Waals surface area contributed by atoms with E-state index < -0.39 is 12.0 Å². The van der Waals surface area contributed by atoms with E-state index in [1.807, 2.05) is 24.3 Å². The van der Waals surface area contributed by atoms with Crippen molar-refractivity contribution >= 4 is 33.3 Å². The number of carbonyl (C=O) groups is 1. The maximum Gasteiger partial charge on any atom is 0.246 e. The van der Waals surface area contributed by atoms with E-state index in [0.717, 1.165) is 15.8 Å². The first kappa shape index (κ1) is 16.2. The highest BCUT2D eigenvalue weighted by molar-refractivity contribution is 7.18. The molecular formula is C18H14N6OS. The molecule has 3 aromatic rings. The summed E-state index contributed by atoms with van der Waals surface area (Å²) in [7, 11) is 0. The van der Waals surface area contributed by atoms with Crippen molar-refractivity contribution in [3.63, 3.8) is 0 Å². The predicted molar refractivity (Wildman–Crippen MR) is 97.3 cm³/mol. The molecule has 0 spiro atoms. The third-order valence-electron chi connectivity index (χ3n) is 4.22. The van der Waals surface area contributed by atoms with Gasteiger partial charge in [0.05, 0.1) is 28.7 Å². The summed E-state index contributed by atoms with van der Waals surface area (Å²) < 4.78 is 0.997. The molecular weight excluding hydrogens is 348 g/mol. The van der Waals surface area contributed by atoms with Gasteiger partial charge in [0, 0.05) is 12.4 Å². The molecule has 2 atom stereocenters. The molecule has 4 rings (SSSR count). The molecule has 1 amide bonds. The molecule has 26 heavy (non-hydrogen) atoms. The van der Waals surface area contributed by atoms with E-state index in [-0.39, 0.29) is 18.2 Å². The highest BCUT2D eigenvalue weighted by atomic mass is 32.1. The number of nitrogens with one attached hydrogen (secondary N) is 2. The van der Waals surface area contributed by atoms with Crippen LogP contribution in [-0.4, -0.2) is 26.7 Å². The summed E-state index contributed by atoms with van der Waals surface area (Å²) in [6.07, 6.45) is 3.27. The molecule has 1 saturated heterocycles. The summed E-state index contributed by atoms with van der Waals surface area (Å²) in [6.45, 7) is 0. The second-order valence-electron chi connectivity index (χ2n) is 5.88. The molecule has 0 aliphatic carbocycles. The number of carbonyl (C=O) groups excluding carboxylic acids is 1. The van der Waals surface area contributed by atoms with Crippen LogP contribution in [0.4, 0.5) is 0 Å². The van der Waals surface area contributed by atoms with Crippen molar-refractivity contribution in [2.45, 2.75) is 18.4 Å². The number of para-hydroxylation sites is 1. The number of fused-ring (bicyclic) bond motifs is 1. The Morgan fingerprint density at radius 1 is 1.27 bits per heavy atom. The molecule has 8 heteroatoms. The summed E-state index contributed by atoms with van der Waals surface area (Å²) in [5.74, 6) is -0.762. The van der Waals surface area contributed by atoms with Crippen molar-refractivity contribution in [2.24, 2.45) is 0 Å². The van der Waals surface area contributed by atoms with E-state index in [1.54, 1.807) is 24.5 Å². The summed E-state index contributed by atoms with van der Waals surface area (Å²) in [5, 5.41) is 20.2. The maximum atomic E-state index is 11.8. The van der Waals surface area contributed by atoms with Gasteiger partial charge in [-0.1, -0.05) is 12.1 Å². The number of aromatic nitrogens is 2. The number of hydrogen-bond donors (Lipinski definition) is 2. The zero-order valence-corrected chi connectivity index (χ0v) is 14.4. The van der Waals surface area contributed by atoms with E-state index in [2.05, 4.69) is 21.5 Å². The largest absolute Gasteiger partial charge is 0.287 e. The van der Waals surface area contributed by atoms with Crippen molar-refractivity contribution < 1.29 is 4.79 Å². The molecule has 0 radical (unpaired) electrons. The minimum Gasteiger partial charge on any atom is -0.287 e. The summed E-state index contributed by atoms with van der Waals surface area (Å²) in [5.41, 5.74) is 4.32. The van der Waals surface area contributed by atoms with Crippen LogP contribution in [0.3, 0.4) is 0 Å². The molecule has 7 nitrogen and oxygen atoms in total. The number of hydrogen-bond acceptors (Lipinski definition) is 6. The zero-order chi connectivity index (χ0) is 18.1. The van der Waals surface area contributed by atoms with Gasteiger partial charge in [-0.25, -0.2) is 4.98 Å². The lowest BCUT2D eigenvalue weighted by molar-refractivity contribution is -0.121. The van der Waals surface area contributed by atoms with Crippen LogP contribution < -0.4 is 5.43 Å². The molecule has 1 fully saturated rings. The summed E-state index contributed by atoms with van der Waals surface area (Å²) in [4.78, 5) is 20.4. The third-order valence-corrected chi connectivity index (χ3v) is 5.34. The Morgan fingerprint density at radius 3 is 2.69 bits per heavy atom. The van der Waals surface area contributed by atoms with Crippen LogP contribution >= 0.6 is 11.3 Å². The fraction of sp³-hybridized carbons (Fsp3) is 0.167. The first-order valence-corrected chi connectivity index (χ1v) is 8.80. The monoisotopic (exact) mass is 362 g/mol. The van der Waals surface area contributed by atoms with Gasteiger partial charge in [0.1, 0.15) is 16.8 Å². The molecule has 2 aromatic heterocycles. The second kappa shape index (κ2) is 6.54. The quantitative estimate of drug-likeness (QED) is 0.742. The maximum absolute atomic E-state index is 11.8. The van der Waals surface area contributed by atoms with Gasteiger partial charge in [0.15, 0.2) is 0 Å². The molecule has 1 aromatic carbocycles. The average molecular weight is 362 g/mol. The zero-order valence-electron chi connectivity index (χ0n) is 13.6. The fourth-order valence-electron chi connectivity index (χ4n) is 3.05. The van der Waals surface area contributed by atoms with E-state index in [1.165, 1.54) is 16.3 Å². The van der Waals surface area contributed by atoms with Crippen LogP contribution in [0.5, 0.6) is 0 Å². The smallest absolute Gasteiger partial charge is 0.246 e. The number of hydrazine groups is 1. The number of pyridine rings is 1. The molecule has 3 heterocycles. The van der Waals surface area contributed by atoms with Crippen LogP contribution in [0, 0.1) is 16.7 Å². The SMILES string of the molecule is N#CC(c1nc2ccccc2s1)C(c1ccncc1)N1NC(=O)CC1=N. The van der Waals surface area contributed by atoms with Crippen molar-refractivity contribution in [1.29, 1.82) is 10.7 Å². The third kappa shape index (κ3) is 2.78. The Kier molecular flexibility index (Phi) is 4.07. The van der Waals surface area contributed by atoms with Gasteiger partial charge in [-0.15, -0.1) is 11.3 Å². The highest BCUT2D eigenvalue weighted by Crippen LogP contribution is 2.39. The van der Waals surface area contributed by atoms with E-state index in [9.17, 15) is 10.1 Å². The molecule has 2 unspecified atom stereocenters. The number of nitriles is 1. The van der Waals surface area contributed by atoms with Gasteiger partial charge in [-0.2, -0.15) is 5.26 Å². The van der Waals surface area contributed by atoms with Crippen LogP contribution in [-0.2, 0) is 4.79 Å². The minimum atomic E-state index is -0.645. The normalized spacial score (nSPS) is 16.3. The number of benzene rings is 1. The Bertz CT molecular complexity index is 992. The minimum absolute atomic E-state index is 0.000420. The predicted octanol–water partition coefficient (Wildman–Crippen LogP) is 2.75. The summed E-state index contributed by atoms with van der Waals surface area (Å²) >= 11 is 1.45. The van der Waals surface area contributed by atoms with E-state index in [4.69, 9.17) is 5.41 Å². The number of thiazole rings is 1. The van der Waals surface area contributed by atoms with Gasteiger partial charge in [-0.3, -0.25) is 25.6 Å². The second-order valence-corrected chi connectivity index (χ2v) is 6.94. The molecule has 1 aliphatic heterocycles. The van der Waals surface area contributed by atoms with E-state index >= 15 is 0 Å². The fourth-order valence-corrected chi connectivity index (χ4v) is 4.09. The summed E-state index contributed by atoms with van der Waals surface area (Å²) in [6, 6.07) is 13.1. The van der Waals surface area contributed by atoms with E-state index in [0.29, 0.717) is 5.01 Å². The van der Waals surface area contributed by atoms with Crippen LogP contribution in [0.15, 0.2) is 48.8 Å². The lowest BCUT2D eigenvalue weighted by atomic mass is 9.94. The van der Waals surface area contributed by atoms with Crippen molar-refractivity contribution in [3.8, 4) is 6.07 Å². The number of amidine groups is 1. The van der Waals surface area contributed by atoms with Crippen LogP contribution in [0.2, 0.25) is 0 Å². The van der Waals surface area contributed by atoms with Crippen molar-refractivity contribution in [2.75, 3.05) is 0 Å². The Hall–Kier alpha value is -3.31. The molecule has 2 N–H and O–H groups in total. The lowest BCUT2D eigenvalue weighted by Gasteiger charge is -2.31. The average Bonchev–Trinajstić information content (AvgIpc) is 3.22. The van der Waals surface area contributed by atoms with Gasteiger partial charge in [0.25, 0.3) is 0 Å². The first-order chi connectivity index (χ1) is 12.7. The first-order valence-electron chi connectivity index (χ1n) is 7.98. The van der Waals surface area contributed by atoms with Gasteiger partial charge >= 0.3 is 0 Å². The number of rotatable bonds is 4. The highest BCUT2D eigenvalue weighted by Gasteiger charge is 2.38. The molecule has 0 saturated carbocycles. The number of nitrogens with zero attached hydrogens (tertiary/aromatic N) is 4. The van der Waals surface area contributed by atoms with Crippen LogP contribution in [0.1, 0.15) is 29.0 Å². The Morgan fingerprint density at radius 2 is 2.04 bits per heavy atom. The Balaban J connectivity index is 1.82. The topological polar surface area (TPSA) is 106 Å². The van der Waals surface area contributed by atoms with Crippen molar-refractivity contribution in [3.05, 3.63) is 59.4 Å². The lowest BCUT2D eigenvalue weighted by Crippen LogP contribution is -2.41. The van der Waals surface area contributed by atoms with Crippen LogP contribution in [0.25, 0.3) is 10.2 Å². The van der Waals surface area contributed by atoms with Crippen molar-refractivity contribution in [1.82, 2.24) is 20.4 Å². The van der Waals surface area contributed by atoms with Gasteiger partial charge in [0.2, 0.25) is 5.91 Å². The molecule has 128 valence electrons. The van der Waals surface area contributed by atoms with Gasteiger partial charge < -0.3 is 0 Å². The number of amides is 1. The Labute approximate surface area is 153 Å². The standard InChI is InChI=1S/C18H14N6OS/c19-10-12(18-22-13-3-1-2-4-14(13)26-18)17(11-5-7-21-8-6-11)24-15(20)9-16(25)23-24/h1-8,12,17,20H,9H2,(H,23,25). The molecule has 1 aliphatic rings.